The number of hydrogen-bond acceptors (Lipinski definition) is 3. The number of nitrogens with zero attached hydrogens (tertiary/aromatic N) is 2. The van der Waals surface area contributed by atoms with Gasteiger partial charge in [-0.2, -0.15) is 0 Å². The monoisotopic (exact) mass is 349 g/mol. The van der Waals surface area contributed by atoms with Gasteiger partial charge < -0.3 is 10.2 Å². The van der Waals surface area contributed by atoms with Crippen LogP contribution in [0.25, 0.3) is 0 Å². The number of carbonyl (C=O) groups excluding carboxylic acids is 1. The molecule has 0 aliphatic carbocycles. The van der Waals surface area contributed by atoms with E-state index in [0.717, 1.165) is 50.6 Å². The van der Waals surface area contributed by atoms with Crippen LogP contribution in [0.1, 0.15) is 38.2 Å². The summed E-state index contributed by atoms with van der Waals surface area (Å²) in [4.78, 5) is 15.9. The summed E-state index contributed by atoms with van der Waals surface area (Å²) in [7, 11) is 0. The van der Waals surface area contributed by atoms with Gasteiger partial charge in [-0.3, -0.25) is 9.69 Å². The normalized spacial score (nSPS) is 21.2. The average Bonchev–Trinajstić information content (AvgIpc) is 2.59. The van der Waals surface area contributed by atoms with Crippen LogP contribution in [-0.2, 0) is 11.3 Å². The number of halogens is 1. The van der Waals surface area contributed by atoms with E-state index in [9.17, 15) is 4.79 Å². The number of benzene rings is 1. The third-order valence-corrected chi connectivity index (χ3v) is 5.57. The van der Waals surface area contributed by atoms with E-state index in [1.807, 2.05) is 17.0 Å². The molecule has 2 fully saturated rings. The zero-order valence-corrected chi connectivity index (χ0v) is 15.3. The van der Waals surface area contributed by atoms with E-state index in [2.05, 4.69) is 22.3 Å². The maximum absolute atomic E-state index is 11.4. The molecule has 0 atom stereocenters. The molecule has 1 N–H and O–H groups in total. The number of hydrogen-bond donors (Lipinski definition) is 1. The van der Waals surface area contributed by atoms with E-state index < -0.39 is 0 Å². The van der Waals surface area contributed by atoms with Crippen molar-refractivity contribution in [3.05, 3.63) is 34.9 Å². The van der Waals surface area contributed by atoms with Crippen molar-refractivity contribution in [2.45, 2.75) is 51.2 Å². The molecule has 5 heteroatoms. The van der Waals surface area contributed by atoms with Gasteiger partial charge in [-0.1, -0.05) is 23.7 Å². The molecule has 0 radical (unpaired) electrons. The molecule has 2 aliphatic heterocycles. The SMILES string of the molecule is CC(=O)N1CCC(NC2CCN(Cc3ccc(Cl)cc3)CC2)CC1. The Morgan fingerprint density at radius 3 is 2.12 bits per heavy atom. The minimum absolute atomic E-state index is 0.212. The minimum atomic E-state index is 0.212. The third kappa shape index (κ3) is 4.95. The fourth-order valence-electron chi connectivity index (χ4n) is 3.80. The van der Waals surface area contributed by atoms with Crippen molar-refractivity contribution in [3.63, 3.8) is 0 Å². The van der Waals surface area contributed by atoms with E-state index in [-0.39, 0.29) is 5.91 Å². The summed E-state index contributed by atoms with van der Waals surface area (Å²) in [5.41, 5.74) is 1.34. The highest BCUT2D eigenvalue weighted by Gasteiger charge is 2.25. The Hall–Kier alpha value is -1.10. The summed E-state index contributed by atoms with van der Waals surface area (Å²) < 4.78 is 0. The van der Waals surface area contributed by atoms with Gasteiger partial charge in [-0.05, 0) is 56.5 Å². The first-order valence-corrected chi connectivity index (χ1v) is 9.46. The largest absolute Gasteiger partial charge is 0.343 e. The van der Waals surface area contributed by atoms with Gasteiger partial charge in [0.1, 0.15) is 0 Å². The van der Waals surface area contributed by atoms with Crippen LogP contribution in [0.4, 0.5) is 0 Å². The van der Waals surface area contributed by atoms with Gasteiger partial charge in [0.15, 0.2) is 0 Å². The first kappa shape index (κ1) is 17.7. The van der Waals surface area contributed by atoms with Gasteiger partial charge in [0.2, 0.25) is 5.91 Å². The van der Waals surface area contributed by atoms with Crippen LogP contribution in [-0.4, -0.2) is 54.0 Å². The molecular weight excluding hydrogens is 322 g/mol. The van der Waals surface area contributed by atoms with Crippen LogP contribution in [0.15, 0.2) is 24.3 Å². The Bertz CT molecular complexity index is 532. The molecule has 0 saturated carbocycles. The molecular formula is C19H28ClN3O. The molecule has 1 aromatic carbocycles. The molecule has 0 aromatic heterocycles. The topological polar surface area (TPSA) is 35.6 Å². The summed E-state index contributed by atoms with van der Waals surface area (Å²) in [5, 5.41) is 4.63. The first-order valence-electron chi connectivity index (χ1n) is 9.08. The smallest absolute Gasteiger partial charge is 0.219 e. The third-order valence-electron chi connectivity index (χ3n) is 5.32. The van der Waals surface area contributed by atoms with Crippen LogP contribution >= 0.6 is 11.6 Å². The number of rotatable bonds is 4. The van der Waals surface area contributed by atoms with Gasteiger partial charge in [0.25, 0.3) is 0 Å². The number of amides is 1. The molecule has 2 saturated heterocycles. The Kier molecular flexibility index (Phi) is 6.14. The van der Waals surface area contributed by atoms with E-state index in [4.69, 9.17) is 11.6 Å². The van der Waals surface area contributed by atoms with E-state index >= 15 is 0 Å². The van der Waals surface area contributed by atoms with Crippen molar-refractivity contribution in [2.75, 3.05) is 26.2 Å². The molecule has 4 nitrogen and oxygen atoms in total. The maximum Gasteiger partial charge on any atom is 0.219 e. The summed E-state index contributed by atoms with van der Waals surface area (Å²) >= 11 is 5.95. The summed E-state index contributed by atoms with van der Waals surface area (Å²) in [6, 6.07) is 9.39. The lowest BCUT2D eigenvalue weighted by molar-refractivity contribution is -0.129. The molecule has 132 valence electrons. The van der Waals surface area contributed by atoms with Gasteiger partial charge in [0, 0.05) is 43.7 Å². The van der Waals surface area contributed by atoms with Crippen LogP contribution < -0.4 is 5.32 Å². The molecule has 1 amide bonds. The lowest BCUT2D eigenvalue weighted by Gasteiger charge is -2.37. The highest BCUT2D eigenvalue weighted by Crippen LogP contribution is 2.18. The Labute approximate surface area is 150 Å². The zero-order chi connectivity index (χ0) is 16.9. The van der Waals surface area contributed by atoms with Gasteiger partial charge in [0.05, 0.1) is 0 Å². The van der Waals surface area contributed by atoms with E-state index in [1.54, 1.807) is 6.92 Å². The molecule has 24 heavy (non-hydrogen) atoms. The molecule has 3 rings (SSSR count). The Morgan fingerprint density at radius 1 is 1.04 bits per heavy atom. The Morgan fingerprint density at radius 2 is 1.58 bits per heavy atom. The van der Waals surface area contributed by atoms with E-state index in [0.29, 0.717) is 12.1 Å². The number of likely N-dealkylation sites (tertiary alicyclic amines) is 2. The van der Waals surface area contributed by atoms with Crippen molar-refractivity contribution in [3.8, 4) is 0 Å². The van der Waals surface area contributed by atoms with Crippen molar-refractivity contribution >= 4 is 17.5 Å². The molecule has 0 bridgehead atoms. The van der Waals surface area contributed by atoms with Gasteiger partial charge in [-0.15, -0.1) is 0 Å². The van der Waals surface area contributed by atoms with Crippen LogP contribution in [0, 0.1) is 0 Å². The standard InChI is InChI=1S/C19H28ClN3O/c1-15(24)23-12-8-19(9-13-23)21-18-6-10-22(11-7-18)14-16-2-4-17(20)5-3-16/h2-5,18-19,21H,6-14H2,1H3. The van der Waals surface area contributed by atoms with E-state index in [1.165, 1.54) is 18.4 Å². The van der Waals surface area contributed by atoms with Gasteiger partial charge >= 0.3 is 0 Å². The molecule has 0 spiro atoms. The van der Waals surface area contributed by atoms with Crippen LogP contribution in [0.3, 0.4) is 0 Å². The number of carbonyl (C=O) groups is 1. The van der Waals surface area contributed by atoms with Crippen LogP contribution in [0.5, 0.6) is 0 Å². The molecule has 0 unspecified atom stereocenters. The van der Waals surface area contributed by atoms with Crippen LogP contribution in [0.2, 0.25) is 5.02 Å². The highest BCUT2D eigenvalue weighted by molar-refractivity contribution is 6.30. The maximum atomic E-state index is 11.4. The molecule has 2 heterocycles. The van der Waals surface area contributed by atoms with Crippen molar-refractivity contribution in [1.29, 1.82) is 0 Å². The minimum Gasteiger partial charge on any atom is -0.343 e. The quantitative estimate of drug-likeness (QED) is 0.907. The second-order valence-corrected chi connectivity index (χ2v) is 7.56. The van der Waals surface area contributed by atoms with Gasteiger partial charge in [-0.25, -0.2) is 0 Å². The van der Waals surface area contributed by atoms with Crippen molar-refractivity contribution in [2.24, 2.45) is 0 Å². The fraction of sp³-hybridized carbons (Fsp3) is 0.632. The summed E-state index contributed by atoms with van der Waals surface area (Å²) in [6.07, 6.45) is 4.59. The lowest BCUT2D eigenvalue weighted by atomic mass is 9.99. The summed E-state index contributed by atoms with van der Waals surface area (Å²) in [6.45, 7) is 6.79. The Balaban J connectivity index is 1.38. The van der Waals surface area contributed by atoms with Crippen molar-refractivity contribution < 1.29 is 4.79 Å². The lowest BCUT2D eigenvalue weighted by Crippen LogP contribution is -2.50. The van der Waals surface area contributed by atoms with Crippen molar-refractivity contribution in [1.82, 2.24) is 15.1 Å². The first-order chi connectivity index (χ1) is 11.6. The second-order valence-electron chi connectivity index (χ2n) is 7.12. The average molecular weight is 350 g/mol. The predicted octanol–water partition coefficient (Wildman–Crippen LogP) is 2.90. The summed E-state index contributed by atoms with van der Waals surface area (Å²) in [5.74, 6) is 0.212. The number of nitrogens with one attached hydrogen (secondary N) is 1. The fourth-order valence-corrected chi connectivity index (χ4v) is 3.93. The zero-order valence-electron chi connectivity index (χ0n) is 14.5. The highest BCUT2D eigenvalue weighted by atomic mass is 35.5. The molecule has 1 aromatic rings. The number of piperidine rings is 2. The second kappa shape index (κ2) is 8.32. The predicted molar refractivity (Wildman–Crippen MR) is 98.2 cm³/mol. The molecule has 2 aliphatic rings.